The van der Waals surface area contributed by atoms with Crippen LogP contribution in [0.25, 0.3) is 11.0 Å². The molecule has 1 atom stereocenters. The first kappa shape index (κ1) is 19.0. The zero-order valence-electron chi connectivity index (χ0n) is 15.8. The monoisotopic (exact) mass is 396 g/mol. The normalized spacial score (nSPS) is 17.9. The molecule has 1 aromatic heterocycles. The largest absolute Gasteiger partial charge is 0.394 e. The molecule has 1 unspecified atom stereocenters. The van der Waals surface area contributed by atoms with E-state index in [1.54, 1.807) is 16.7 Å². The highest BCUT2D eigenvalue weighted by atomic mass is 32.2. The van der Waals surface area contributed by atoms with E-state index < -0.39 is 0 Å². The van der Waals surface area contributed by atoms with Gasteiger partial charge < -0.3 is 19.9 Å². The number of aliphatic hydroxyl groups is 1. The fourth-order valence-corrected chi connectivity index (χ4v) is 4.29. The van der Waals surface area contributed by atoms with Crippen LogP contribution in [0.1, 0.15) is 16.2 Å². The molecule has 28 heavy (non-hydrogen) atoms. The average molecular weight is 397 g/mol. The minimum Gasteiger partial charge on any atom is -0.394 e. The van der Waals surface area contributed by atoms with Crippen LogP contribution >= 0.6 is 11.8 Å². The predicted molar refractivity (Wildman–Crippen MR) is 112 cm³/mol. The number of piperazine rings is 1. The summed E-state index contributed by atoms with van der Waals surface area (Å²) in [5.74, 6) is 1.67. The van der Waals surface area contributed by atoms with Crippen LogP contribution in [0.15, 0.2) is 53.4 Å². The van der Waals surface area contributed by atoms with E-state index in [0.717, 1.165) is 34.1 Å². The third-order valence-electron chi connectivity index (χ3n) is 5.07. The van der Waals surface area contributed by atoms with Gasteiger partial charge in [-0.05, 0) is 43.4 Å². The number of aromatic nitrogens is 2. The van der Waals surface area contributed by atoms with E-state index in [4.69, 9.17) is 0 Å². The molecule has 146 valence electrons. The van der Waals surface area contributed by atoms with Gasteiger partial charge in [0.15, 0.2) is 0 Å². The number of hydrogen-bond donors (Lipinski definition) is 2. The quantitative estimate of drug-likeness (QED) is 0.649. The van der Waals surface area contributed by atoms with Crippen molar-refractivity contribution >= 4 is 28.7 Å². The number of carbonyl (C=O) groups is 1. The molecule has 4 rings (SSSR count). The summed E-state index contributed by atoms with van der Waals surface area (Å²) in [6, 6.07) is 15.6. The predicted octanol–water partition coefficient (Wildman–Crippen LogP) is 2.60. The fourth-order valence-electron chi connectivity index (χ4n) is 3.52. The number of rotatable bonds is 5. The zero-order valence-corrected chi connectivity index (χ0v) is 16.7. The van der Waals surface area contributed by atoms with Crippen LogP contribution in [0, 0.1) is 0 Å². The minimum atomic E-state index is -0.145. The van der Waals surface area contributed by atoms with Crippen molar-refractivity contribution in [1.82, 2.24) is 19.8 Å². The summed E-state index contributed by atoms with van der Waals surface area (Å²) in [5, 5.41) is 9.62. The number of amides is 1. The molecule has 2 N–H and O–H groups in total. The Morgan fingerprint density at radius 2 is 2.00 bits per heavy atom. The number of fused-ring (bicyclic) bond motifs is 1. The van der Waals surface area contributed by atoms with Crippen molar-refractivity contribution in [1.29, 1.82) is 0 Å². The molecule has 0 saturated carbocycles. The third-order valence-corrected chi connectivity index (χ3v) is 6.10. The molecule has 6 nitrogen and oxygen atoms in total. The van der Waals surface area contributed by atoms with E-state index >= 15 is 0 Å². The van der Waals surface area contributed by atoms with Gasteiger partial charge in [0.2, 0.25) is 0 Å². The molecule has 7 heteroatoms. The first-order chi connectivity index (χ1) is 13.6. The number of hydrogen-bond acceptors (Lipinski definition) is 5. The zero-order chi connectivity index (χ0) is 19.5. The van der Waals surface area contributed by atoms with Gasteiger partial charge >= 0.3 is 0 Å². The molecule has 1 aliphatic heterocycles. The number of likely N-dealkylation sites (N-methyl/N-ethyl adjacent to an activating group) is 1. The summed E-state index contributed by atoms with van der Waals surface area (Å²) in [4.78, 5) is 25.8. The van der Waals surface area contributed by atoms with Gasteiger partial charge in [-0.2, -0.15) is 0 Å². The van der Waals surface area contributed by atoms with Crippen LogP contribution in [0.4, 0.5) is 0 Å². The lowest BCUT2D eigenvalue weighted by molar-refractivity contribution is 0.0356. The maximum absolute atomic E-state index is 12.8. The molecule has 0 bridgehead atoms. The molecular weight excluding hydrogens is 372 g/mol. The summed E-state index contributed by atoms with van der Waals surface area (Å²) in [6.45, 7) is 2.16. The van der Waals surface area contributed by atoms with E-state index in [2.05, 4.69) is 14.9 Å². The Balaban J connectivity index is 1.39. The van der Waals surface area contributed by atoms with Gasteiger partial charge in [-0.3, -0.25) is 4.79 Å². The molecule has 1 saturated heterocycles. The number of benzene rings is 2. The number of aliphatic hydroxyl groups excluding tert-OH is 1. The van der Waals surface area contributed by atoms with Crippen LogP contribution in [0.3, 0.4) is 0 Å². The molecule has 1 fully saturated rings. The first-order valence-electron chi connectivity index (χ1n) is 9.41. The molecule has 1 aliphatic rings. The van der Waals surface area contributed by atoms with Crippen molar-refractivity contribution in [3.63, 3.8) is 0 Å². The van der Waals surface area contributed by atoms with Gasteiger partial charge in [0, 0.05) is 30.1 Å². The topological polar surface area (TPSA) is 72.5 Å². The Bertz CT molecular complexity index is 923. The number of nitrogens with one attached hydrogen (secondary N) is 1. The summed E-state index contributed by atoms with van der Waals surface area (Å²) in [5.41, 5.74) is 2.69. The Morgan fingerprint density at radius 3 is 2.75 bits per heavy atom. The summed E-state index contributed by atoms with van der Waals surface area (Å²) in [7, 11) is 2.01. The smallest absolute Gasteiger partial charge is 0.254 e. The SMILES string of the molecule is CN1CCN(C(=O)c2ccc(SCc3nc4ccccc4[nH]3)cc2)C(CO)C1. The van der Waals surface area contributed by atoms with E-state index in [1.165, 1.54) is 0 Å². The average Bonchev–Trinajstić information content (AvgIpc) is 3.15. The van der Waals surface area contributed by atoms with Crippen molar-refractivity contribution in [3.8, 4) is 0 Å². The highest BCUT2D eigenvalue weighted by Gasteiger charge is 2.29. The molecule has 1 amide bonds. The summed E-state index contributed by atoms with van der Waals surface area (Å²) < 4.78 is 0. The van der Waals surface area contributed by atoms with E-state index in [9.17, 15) is 9.90 Å². The Kier molecular flexibility index (Phi) is 5.66. The molecule has 0 aliphatic carbocycles. The minimum absolute atomic E-state index is 0.0124. The van der Waals surface area contributed by atoms with Gasteiger partial charge in [-0.15, -0.1) is 11.8 Å². The molecule has 3 aromatic rings. The second kappa shape index (κ2) is 8.34. The van der Waals surface area contributed by atoms with Crippen molar-refractivity contribution in [2.75, 3.05) is 33.3 Å². The Labute approximate surface area is 168 Å². The lowest BCUT2D eigenvalue weighted by Gasteiger charge is -2.39. The number of H-pyrrole nitrogens is 1. The van der Waals surface area contributed by atoms with Crippen LogP contribution in [0.2, 0.25) is 0 Å². The number of carbonyl (C=O) groups excluding carboxylic acids is 1. The van der Waals surface area contributed by atoms with Crippen LogP contribution < -0.4 is 0 Å². The number of para-hydroxylation sites is 2. The van der Waals surface area contributed by atoms with Gasteiger partial charge in [-0.1, -0.05) is 12.1 Å². The molecule has 0 radical (unpaired) electrons. The number of nitrogens with zero attached hydrogens (tertiary/aromatic N) is 3. The Hall–Kier alpha value is -2.35. The van der Waals surface area contributed by atoms with Crippen molar-refractivity contribution in [3.05, 3.63) is 59.9 Å². The second-order valence-corrected chi connectivity index (χ2v) is 8.16. The maximum Gasteiger partial charge on any atom is 0.254 e. The van der Waals surface area contributed by atoms with E-state index in [-0.39, 0.29) is 18.6 Å². The lowest BCUT2D eigenvalue weighted by Crippen LogP contribution is -2.55. The lowest BCUT2D eigenvalue weighted by atomic mass is 10.1. The first-order valence-corrected chi connectivity index (χ1v) is 10.4. The maximum atomic E-state index is 12.8. The summed E-state index contributed by atoms with van der Waals surface area (Å²) in [6.07, 6.45) is 0. The van der Waals surface area contributed by atoms with Gasteiger partial charge in [-0.25, -0.2) is 4.98 Å². The van der Waals surface area contributed by atoms with Crippen molar-refractivity contribution < 1.29 is 9.90 Å². The number of imidazole rings is 1. The standard InChI is InChI=1S/C21H24N4O2S/c1-24-10-11-25(16(12-24)13-26)21(27)15-6-8-17(9-7-15)28-14-20-22-18-4-2-3-5-19(18)23-20/h2-9,16,26H,10-14H2,1H3,(H,22,23). The second-order valence-electron chi connectivity index (χ2n) is 7.11. The van der Waals surface area contributed by atoms with Crippen LogP contribution in [0.5, 0.6) is 0 Å². The highest BCUT2D eigenvalue weighted by Crippen LogP contribution is 2.24. The van der Waals surface area contributed by atoms with Crippen molar-refractivity contribution in [2.24, 2.45) is 0 Å². The Morgan fingerprint density at radius 1 is 1.21 bits per heavy atom. The number of aromatic amines is 1. The van der Waals surface area contributed by atoms with Gasteiger partial charge in [0.25, 0.3) is 5.91 Å². The number of thioether (sulfide) groups is 1. The van der Waals surface area contributed by atoms with E-state index in [0.29, 0.717) is 18.7 Å². The van der Waals surface area contributed by atoms with Gasteiger partial charge in [0.1, 0.15) is 5.82 Å². The van der Waals surface area contributed by atoms with Gasteiger partial charge in [0.05, 0.1) is 29.4 Å². The fraction of sp³-hybridized carbons (Fsp3) is 0.333. The highest BCUT2D eigenvalue weighted by molar-refractivity contribution is 7.98. The molecule has 2 aromatic carbocycles. The van der Waals surface area contributed by atoms with Crippen LogP contribution in [-0.4, -0.2) is 70.1 Å². The summed E-state index contributed by atoms with van der Waals surface area (Å²) >= 11 is 1.68. The molecule has 0 spiro atoms. The van der Waals surface area contributed by atoms with Crippen LogP contribution in [-0.2, 0) is 5.75 Å². The van der Waals surface area contributed by atoms with Crippen molar-refractivity contribution in [2.45, 2.75) is 16.7 Å². The third kappa shape index (κ3) is 4.06. The molecule has 2 heterocycles. The molecular formula is C21H24N4O2S. The van der Waals surface area contributed by atoms with E-state index in [1.807, 2.05) is 55.6 Å².